The molecule has 0 radical (unpaired) electrons. The van der Waals surface area contributed by atoms with Crippen LogP contribution in [0.25, 0.3) is 0 Å². The Labute approximate surface area is 101 Å². The SMILES string of the molecule is CC1C(=O)N(CCC2CCCC2=O)C(=O)C1C. The maximum absolute atomic E-state index is 11.8. The van der Waals surface area contributed by atoms with Gasteiger partial charge in [0.05, 0.1) is 0 Å². The van der Waals surface area contributed by atoms with Gasteiger partial charge in [-0.25, -0.2) is 0 Å². The van der Waals surface area contributed by atoms with Gasteiger partial charge in [0.15, 0.2) is 0 Å². The smallest absolute Gasteiger partial charge is 0.232 e. The standard InChI is InChI=1S/C13H19NO3/c1-8-9(2)13(17)14(12(8)16)7-6-10-4-3-5-11(10)15/h8-10H,3-7H2,1-2H3. The minimum atomic E-state index is -0.207. The van der Waals surface area contributed by atoms with E-state index in [0.29, 0.717) is 25.2 Å². The molecular formula is C13H19NO3. The Hall–Kier alpha value is -1.19. The topological polar surface area (TPSA) is 54.5 Å². The van der Waals surface area contributed by atoms with Gasteiger partial charge in [-0.1, -0.05) is 13.8 Å². The van der Waals surface area contributed by atoms with E-state index in [2.05, 4.69) is 0 Å². The summed E-state index contributed by atoms with van der Waals surface area (Å²) in [7, 11) is 0. The van der Waals surface area contributed by atoms with E-state index in [1.54, 1.807) is 13.8 Å². The predicted molar refractivity (Wildman–Crippen MR) is 62.0 cm³/mol. The number of hydrogen-bond acceptors (Lipinski definition) is 3. The summed E-state index contributed by atoms with van der Waals surface area (Å²) in [6, 6.07) is 0. The van der Waals surface area contributed by atoms with E-state index in [1.165, 1.54) is 4.90 Å². The molecule has 0 aromatic rings. The van der Waals surface area contributed by atoms with E-state index in [9.17, 15) is 14.4 Å². The van der Waals surface area contributed by atoms with Crippen LogP contribution >= 0.6 is 0 Å². The molecule has 0 aromatic carbocycles. The molecule has 94 valence electrons. The minimum Gasteiger partial charge on any atom is -0.299 e. The number of imide groups is 1. The average molecular weight is 237 g/mol. The van der Waals surface area contributed by atoms with Crippen molar-refractivity contribution >= 4 is 17.6 Å². The number of carbonyl (C=O) groups excluding carboxylic acids is 3. The Bertz CT molecular complexity index is 344. The zero-order valence-corrected chi connectivity index (χ0v) is 10.4. The fourth-order valence-corrected chi connectivity index (χ4v) is 2.73. The van der Waals surface area contributed by atoms with E-state index >= 15 is 0 Å². The number of hydrogen-bond donors (Lipinski definition) is 0. The van der Waals surface area contributed by atoms with Gasteiger partial charge in [-0.2, -0.15) is 0 Å². The van der Waals surface area contributed by atoms with Gasteiger partial charge in [-0.05, 0) is 19.3 Å². The van der Waals surface area contributed by atoms with Crippen molar-refractivity contribution in [2.75, 3.05) is 6.54 Å². The molecule has 2 rings (SSSR count). The number of ketones is 1. The first-order valence-corrected chi connectivity index (χ1v) is 6.40. The lowest BCUT2D eigenvalue weighted by molar-refractivity contribution is -0.140. The van der Waals surface area contributed by atoms with Crippen LogP contribution in [0.3, 0.4) is 0 Å². The lowest BCUT2D eigenvalue weighted by Gasteiger charge is -2.16. The summed E-state index contributed by atoms with van der Waals surface area (Å²) in [5.41, 5.74) is 0. The van der Waals surface area contributed by atoms with Crippen molar-refractivity contribution in [1.29, 1.82) is 0 Å². The van der Waals surface area contributed by atoms with Crippen LogP contribution in [0.5, 0.6) is 0 Å². The van der Waals surface area contributed by atoms with E-state index in [-0.39, 0.29) is 29.6 Å². The van der Waals surface area contributed by atoms with Gasteiger partial charge < -0.3 is 0 Å². The molecule has 3 unspecified atom stereocenters. The molecule has 1 saturated heterocycles. The number of nitrogens with zero attached hydrogens (tertiary/aromatic N) is 1. The highest BCUT2D eigenvalue weighted by atomic mass is 16.2. The van der Waals surface area contributed by atoms with Crippen molar-refractivity contribution in [3.63, 3.8) is 0 Å². The Kier molecular flexibility index (Phi) is 3.31. The first kappa shape index (κ1) is 12.3. The molecule has 4 nitrogen and oxygen atoms in total. The number of amides is 2. The molecule has 2 fully saturated rings. The van der Waals surface area contributed by atoms with Crippen LogP contribution in [0, 0.1) is 17.8 Å². The molecule has 1 heterocycles. The zero-order valence-electron chi connectivity index (χ0n) is 10.4. The van der Waals surface area contributed by atoms with Gasteiger partial charge in [-0.15, -0.1) is 0 Å². The van der Waals surface area contributed by atoms with E-state index in [1.807, 2.05) is 0 Å². The van der Waals surface area contributed by atoms with E-state index in [0.717, 1.165) is 12.8 Å². The summed E-state index contributed by atoms with van der Waals surface area (Å²) in [6.07, 6.45) is 3.19. The fourth-order valence-electron chi connectivity index (χ4n) is 2.73. The van der Waals surface area contributed by atoms with Gasteiger partial charge in [0, 0.05) is 30.7 Å². The van der Waals surface area contributed by atoms with E-state index < -0.39 is 0 Å². The molecule has 0 spiro atoms. The molecule has 3 atom stereocenters. The number of likely N-dealkylation sites (tertiary alicyclic amines) is 1. The van der Waals surface area contributed by atoms with Gasteiger partial charge in [-0.3, -0.25) is 19.3 Å². The van der Waals surface area contributed by atoms with Crippen molar-refractivity contribution in [3.05, 3.63) is 0 Å². The van der Waals surface area contributed by atoms with Crippen LogP contribution in [-0.4, -0.2) is 29.0 Å². The maximum Gasteiger partial charge on any atom is 0.232 e. The van der Waals surface area contributed by atoms with Crippen LogP contribution < -0.4 is 0 Å². The predicted octanol–water partition coefficient (Wildman–Crippen LogP) is 1.39. The quantitative estimate of drug-likeness (QED) is 0.697. The molecule has 4 heteroatoms. The molecule has 2 amide bonds. The number of rotatable bonds is 3. The third-order valence-corrected chi connectivity index (χ3v) is 4.19. The van der Waals surface area contributed by atoms with Crippen LogP contribution in [0.1, 0.15) is 39.5 Å². The van der Waals surface area contributed by atoms with Crippen molar-refractivity contribution in [2.45, 2.75) is 39.5 Å². The third-order valence-electron chi connectivity index (χ3n) is 4.19. The lowest BCUT2D eigenvalue weighted by atomic mass is 10.00. The van der Waals surface area contributed by atoms with Gasteiger partial charge in [0.1, 0.15) is 5.78 Å². The van der Waals surface area contributed by atoms with Crippen LogP contribution in [0.4, 0.5) is 0 Å². The van der Waals surface area contributed by atoms with E-state index in [4.69, 9.17) is 0 Å². The zero-order chi connectivity index (χ0) is 12.6. The molecule has 17 heavy (non-hydrogen) atoms. The summed E-state index contributed by atoms with van der Waals surface area (Å²) in [4.78, 5) is 36.5. The lowest BCUT2D eigenvalue weighted by Crippen LogP contribution is -2.33. The Balaban J connectivity index is 1.93. The molecule has 1 saturated carbocycles. The second-order valence-corrected chi connectivity index (χ2v) is 5.25. The molecule has 0 N–H and O–H groups in total. The normalized spacial score (nSPS) is 33.9. The summed E-state index contributed by atoms with van der Waals surface area (Å²) < 4.78 is 0. The van der Waals surface area contributed by atoms with Crippen molar-refractivity contribution < 1.29 is 14.4 Å². The number of Topliss-reactive ketones (excluding diaryl/α,β-unsaturated/α-hetero) is 1. The second-order valence-electron chi connectivity index (χ2n) is 5.25. The van der Waals surface area contributed by atoms with Gasteiger partial charge in [0.2, 0.25) is 11.8 Å². The molecular weight excluding hydrogens is 218 g/mol. The van der Waals surface area contributed by atoms with Crippen molar-refractivity contribution in [2.24, 2.45) is 17.8 Å². The first-order valence-electron chi connectivity index (χ1n) is 6.40. The highest BCUT2D eigenvalue weighted by Crippen LogP contribution is 2.28. The summed E-state index contributed by atoms with van der Waals surface area (Å²) in [6.45, 7) is 4.01. The fraction of sp³-hybridized carbons (Fsp3) is 0.769. The van der Waals surface area contributed by atoms with Gasteiger partial charge >= 0.3 is 0 Å². The third kappa shape index (κ3) is 2.13. The largest absolute Gasteiger partial charge is 0.299 e. The molecule has 1 aliphatic heterocycles. The molecule has 0 bridgehead atoms. The highest BCUT2D eigenvalue weighted by molar-refractivity contribution is 6.04. The summed E-state index contributed by atoms with van der Waals surface area (Å²) in [5, 5.41) is 0. The summed E-state index contributed by atoms with van der Waals surface area (Å²) >= 11 is 0. The second kappa shape index (κ2) is 4.59. The highest BCUT2D eigenvalue weighted by Gasteiger charge is 2.42. The monoisotopic (exact) mass is 237 g/mol. The van der Waals surface area contributed by atoms with Crippen LogP contribution in [-0.2, 0) is 14.4 Å². The Morgan fingerprint density at radius 1 is 1.12 bits per heavy atom. The Morgan fingerprint density at radius 3 is 2.18 bits per heavy atom. The van der Waals surface area contributed by atoms with Crippen LogP contribution in [0.2, 0.25) is 0 Å². The average Bonchev–Trinajstić information content (AvgIpc) is 2.78. The Morgan fingerprint density at radius 2 is 1.71 bits per heavy atom. The molecule has 1 aliphatic carbocycles. The molecule has 0 aromatic heterocycles. The van der Waals surface area contributed by atoms with Gasteiger partial charge in [0.25, 0.3) is 0 Å². The van der Waals surface area contributed by atoms with Crippen LogP contribution in [0.15, 0.2) is 0 Å². The first-order chi connectivity index (χ1) is 8.02. The minimum absolute atomic E-state index is 0.0711. The van der Waals surface area contributed by atoms with Crippen molar-refractivity contribution in [3.8, 4) is 0 Å². The summed E-state index contributed by atoms with van der Waals surface area (Å²) in [5.74, 6) is -0.198. The maximum atomic E-state index is 11.8. The number of carbonyl (C=O) groups is 3. The van der Waals surface area contributed by atoms with Crippen molar-refractivity contribution in [1.82, 2.24) is 4.90 Å². The molecule has 2 aliphatic rings.